The average Bonchev–Trinajstić information content (AvgIpc) is 2.51. The summed E-state index contributed by atoms with van der Waals surface area (Å²) in [4.78, 5) is 11.1. The van der Waals surface area contributed by atoms with Gasteiger partial charge in [-0.3, -0.25) is 4.79 Å². The molecule has 0 radical (unpaired) electrons. The van der Waals surface area contributed by atoms with E-state index in [1.807, 2.05) is 0 Å². The maximum atomic E-state index is 11.1. The zero-order valence-corrected chi connectivity index (χ0v) is 16.5. The number of rotatable bonds is 8. The summed E-state index contributed by atoms with van der Waals surface area (Å²) in [6.45, 7) is 1.07. The lowest BCUT2D eigenvalue weighted by Gasteiger charge is -2.31. The Hall–Kier alpha value is -0.440. The number of primary amides is 1. The molecule has 2 N–H and O–H groups in total. The van der Waals surface area contributed by atoms with Crippen molar-refractivity contribution >= 4 is 20.7 Å². The first kappa shape index (κ1) is 20.9. The van der Waals surface area contributed by atoms with Gasteiger partial charge in [-0.25, -0.2) is 0 Å². The van der Waals surface area contributed by atoms with E-state index in [1.54, 1.807) is 0 Å². The van der Waals surface area contributed by atoms with Crippen LogP contribution in [-0.4, -0.2) is 32.0 Å². The third-order valence-electron chi connectivity index (χ3n) is 6.38. The quantitative estimate of drug-likeness (QED) is 0.665. The van der Waals surface area contributed by atoms with Crippen molar-refractivity contribution in [1.82, 2.24) is 4.72 Å². The summed E-state index contributed by atoms with van der Waals surface area (Å²) in [6, 6.07) is 0. The first-order valence-corrected chi connectivity index (χ1v) is 11.2. The zero-order valence-electron chi connectivity index (χ0n) is 16.5. The fraction of sp³-hybridized carbons (Fsp3) is 0.950. The molecule has 1 amide bonds. The second kappa shape index (κ2) is 12.8. The van der Waals surface area contributed by atoms with Gasteiger partial charge in [0.05, 0.1) is 0 Å². The molecule has 2 saturated carbocycles. The third-order valence-corrected chi connectivity index (χ3v) is 6.38. The summed E-state index contributed by atoms with van der Waals surface area (Å²) in [5, 5.41) is 0. The highest BCUT2D eigenvalue weighted by Crippen LogP contribution is 2.29. The lowest BCUT2D eigenvalue weighted by Crippen LogP contribution is -2.38. The fourth-order valence-corrected chi connectivity index (χ4v) is 4.91. The van der Waals surface area contributed by atoms with Crippen LogP contribution in [0.5, 0.6) is 0 Å². The van der Waals surface area contributed by atoms with Crippen molar-refractivity contribution < 1.29 is 4.79 Å². The predicted octanol–water partition coefficient (Wildman–Crippen LogP) is 4.32. The second-order valence-corrected chi connectivity index (χ2v) is 8.75. The van der Waals surface area contributed by atoms with Gasteiger partial charge in [0, 0.05) is 6.42 Å². The Morgan fingerprint density at radius 2 is 1.16 bits per heavy atom. The minimum absolute atomic E-state index is 0.142. The number of hydrogen-bond donors (Lipinski definition) is 1. The largest absolute Gasteiger partial charge is 0.389 e. The Kier molecular flexibility index (Phi) is 10.7. The number of hydrogen-bond acceptors (Lipinski definition) is 2. The van der Waals surface area contributed by atoms with Crippen LogP contribution in [-0.2, 0) is 4.79 Å². The van der Waals surface area contributed by atoms with E-state index < -0.39 is 0 Å². The molecule has 0 spiro atoms. The Morgan fingerprint density at radius 3 is 1.56 bits per heavy atom. The van der Waals surface area contributed by atoms with Crippen LogP contribution in [0.2, 0.25) is 11.6 Å². The molecule has 0 unspecified atom stereocenters. The topological polar surface area (TPSA) is 46.3 Å². The molecule has 2 fully saturated rings. The molecular formula is C20H40B2N2O. The molecular weight excluding hydrogens is 306 g/mol. The van der Waals surface area contributed by atoms with Gasteiger partial charge in [0.25, 0.3) is 0 Å². The SMILES string of the molecule is NC(=O)CCCN(BC1CCCCCCC1)BC1CCCCCCC1. The van der Waals surface area contributed by atoms with Crippen molar-refractivity contribution in [3.05, 3.63) is 0 Å². The van der Waals surface area contributed by atoms with E-state index in [0.29, 0.717) is 6.42 Å². The molecule has 3 nitrogen and oxygen atoms in total. The highest BCUT2D eigenvalue weighted by molar-refractivity contribution is 6.52. The van der Waals surface area contributed by atoms with E-state index in [1.165, 1.54) is 105 Å². The highest BCUT2D eigenvalue weighted by atomic mass is 16.1. The van der Waals surface area contributed by atoms with E-state index in [2.05, 4.69) is 4.72 Å². The van der Waals surface area contributed by atoms with Gasteiger partial charge in [0.2, 0.25) is 5.91 Å². The van der Waals surface area contributed by atoms with E-state index >= 15 is 0 Å². The molecule has 0 aromatic carbocycles. The number of amides is 1. The lowest BCUT2D eigenvalue weighted by atomic mass is 9.58. The molecule has 0 aromatic rings. The Morgan fingerprint density at radius 1 is 0.760 bits per heavy atom. The van der Waals surface area contributed by atoms with Gasteiger partial charge >= 0.3 is 0 Å². The van der Waals surface area contributed by atoms with Crippen LogP contribution in [0.25, 0.3) is 0 Å². The molecule has 142 valence electrons. The van der Waals surface area contributed by atoms with Crippen LogP contribution in [0, 0.1) is 0 Å². The van der Waals surface area contributed by atoms with Crippen LogP contribution in [0.15, 0.2) is 0 Å². The van der Waals surface area contributed by atoms with E-state index in [9.17, 15) is 4.79 Å². The van der Waals surface area contributed by atoms with Crippen LogP contribution in [0.3, 0.4) is 0 Å². The summed E-state index contributed by atoms with van der Waals surface area (Å²) in [5.41, 5.74) is 5.37. The first-order chi connectivity index (χ1) is 12.2. The Bertz CT molecular complexity index is 328. The number of carbonyl (C=O) groups is 1. The Labute approximate surface area is 157 Å². The van der Waals surface area contributed by atoms with Crippen molar-refractivity contribution in [3.8, 4) is 0 Å². The number of carbonyl (C=O) groups excluding carboxylic acids is 1. The van der Waals surface area contributed by atoms with Crippen LogP contribution >= 0.6 is 0 Å². The van der Waals surface area contributed by atoms with Gasteiger partial charge in [-0.2, -0.15) is 0 Å². The normalized spacial score (nSPS) is 21.8. The summed E-state index contributed by atoms with van der Waals surface area (Å²) in [7, 11) is 2.52. The van der Waals surface area contributed by atoms with Crippen molar-refractivity contribution in [2.45, 2.75) is 114 Å². The minimum atomic E-state index is -0.142. The number of nitrogens with zero attached hydrogens (tertiary/aromatic N) is 1. The minimum Gasteiger partial charge on any atom is -0.389 e. The summed E-state index contributed by atoms with van der Waals surface area (Å²) < 4.78 is 2.71. The van der Waals surface area contributed by atoms with Crippen molar-refractivity contribution in [2.24, 2.45) is 5.73 Å². The third kappa shape index (κ3) is 9.72. The molecule has 2 aliphatic carbocycles. The summed E-state index contributed by atoms with van der Waals surface area (Å²) >= 11 is 0. The molecule has 5 heteroatoms. The summed E-state index contributed by atoms with van der Waals surface area (Å²) in [6.07, 6.45) is 21.4. The van der Waals surface area contributed by atoms with Crippen LogP contribution in [0.1, 0.15) is 103 Å². The maximum Gasteiger partial charge on any atom is 0.217 e. The second-order valence-electron chi connectivity index (χ2n) is 8.75. The molecule has 2 rings (SSSR count). The zero-order chi connectivity index (χ0) is 17.7. The predicted molar refractivity (Wildman–Crippen MR) is 112 cm³/mol. The molecule has 0 bridgehead atoms. The molecule has 2 aliphatic rings. The molecule has 0 atom stereocenters. The fourth-order valence-electron chi connectivity index (χ4n) is 4.91. The first-order valence-electron chi connectivity index (χ1n) is 11.2. The van der Waals surface area contributed by atoms with Crippen molar-refractivity contribution in [1.29, 1.82) is 0 Å². The van der Waals surface area contributed by atoms with Gasteiger partial charge in [0.15, 0.2) is 14.8 Å². The van der Waals surface area contributed by atoms with Crippen LogP contribution in [0.4, 0.5) is 0 Å². The average molecular weight is 346 g/mol. The molecule has 0 aliphatic heterocycles. The van der Waals surface area contributed by atoms with Gasteiger partial charge in [-0.05, 0) is 13.0 Å². The van der Waals surface area contributed by atoms with E-state index in [0.717, 1.165) is 24.6 Å². The smallest absolute Gasteiger partial charge is 0.217 e. The van der Waals surface area contributed by atoms with Gasteiger partial charge in [0.1, 0.15) is 0 Å². The van der Waals surface area contributed by atoms with Gasteiger partial charge < -0.3 is 10.5 Å². The molecule has 0 heterocycles. The highest BCUT2D eigenvalue weighted by Gasteiger charge is 2.22. The van der Waals surface area contributed by atoms with Gasteiger partial charge in [-0.1, -0.05) is 102 Å². The van der Waals surface area contributed by atoms with E-state index in [-0.39, 0.29) is 5.91 Å². The lowest BCUT2D eigenvalue weighted by molar-refractivity contribution is -0.118. The summed E-state index contributed by atoms with van der Waals surface area (Å²) in [5.74, 6) is 1.61. The molecule has 25 heavy (non-hydrogen) atoms. The maximum absolute atomic E-state index is 11.1. The van der Waals surface area contributed by atoms with Gasteiger partial charge in [-0.15, -0.1) is 0 Å². The van der Waals surface area contributed by atoms with E-state index in [4.69, 9.17) is 5.73 Å². The Balaban J connectivity index is 1.84. The molecule has 0 aromatic heterocycles. The monoisotopic (exact) mass is 346 g/mol. The molecule has 0 saturated heterocycles. The van der Waals surface area contributed by atoms with Crippen molar-refractivity contribution in [2.75, 3.05) is 6.54 Å². The standard InChI is InChI=1S/C20H40B2N2O/c23-20(25)16-11-17-24(21-18-12-7-3-1-4-8-13-18)22-19-14-9-5-2-6-10-15-19/h18-19,21-22H,1-17H2,(H2,23,25). The van der Waals surface area contributed by atoms with Crippen molar-refractivity contribution in [3.63, 3.8) is 0 Å². The number of nitrogens with two attached hydrogens (primary N) is 1. The van der Waals surface area contributed by atoms with Crippen LogP contribution < -0.4 is 5.73 Å².